The van der Waals surface area contributed by atoms with E-state index in [0.29, 0.717) is 45.4 Å². The summed E-state index contributed by atoms with van der Waals surface area (Å²) in [5.41, 5.74) is 0. The second-order valence-corrected chi connectivity index (χ2v) is 5.57. The average molecular weight is 314 g/mol. The van der Waals surface area contributed by atoms with E-state index in [1.165, 1.54) is 4.90 Å². The summed E-state index contributed by atoms with van der Waals surface area (Å²) >= 11 is 0. The lowest BCUT2D eigenvalue weighted by molar-refractivity contribution is -0.147. The van der Waals surface area contributed by atoms with Crippen LogP contribution in [0.1, 0.15) is 32.6 Å². The first-order valence-corrected chi connectivity index (χ1v) is 7.78. The van der Waals surface area contributed by atoms with E-state index in [9.17, 15) is 14.4 Å². The van der Waals surface area contributed by atoms with E-state index in [1.807, 2.05) is 6.92 Å². The Morgan fingerprint density at radius 1 is 1.36 bits per heavy atom. The van der Waals surface area contributed by atoms with Gasteiger partial charge in [0.2, 0.25) is 11.8 Å². The number of carboxylic acid groups (broad SMARTS) is 1. The molecule has 1 unspecified atom stereocenters. The number of likely N-dealkylation sites (tertiary alicyclic amines) is 1. The van der Waals surface area contributed by atoms with Gasteiger partial charge in [0.15, 0.2) is 0 Å². The van der Waals surface area contributed by atoms with Crippen LogP contribution in [0.15, 0.2) is 0 Å². The number of likely N-dealkylation sites (N-methyl/N-ethyl adjacent to an activating group) is 1. The van der Waals surface area contributed by atoms with Crippen LogP contribution in [0.5, 0.6) is 0 Å². The highest BCUT2D eigenvalue weighted by molar-refractivity contribution is 5.85. The van der Waals surface area contributed by atoms with Crippen LogP contribution >= 0.6 is 0 Å². The van der Waals surface area contributed by atoms with Crippen molar-refractivity contribution in [3.05, 3.63) is 0 Å². The first-order valence-electron chi connectivity index (χ1n) is 7.78. The monoisotopic (exact) mass is 314 g/mol. The molecule has 1 N–H and O–H groups in total. The molecule has 1 aliphatic heterocycles. The van der Waals surface area contributed by atoms with E-state index < -0.39 is 11.9 Å². The largest absolute Gasteiger partial charge is 0.481 e. The zero-order valence-corrected chi connectivity index (χ0v) is 13.4. The zero-order chi connectivity index (χ0) is 16.5. The van der Waals surface area contributed by atoms with E-state index in [4.69, 9.17) is 9.84 Å². The van der Waals surface area contributed by atoms with Gasteiger partial charge in [0.25, 0.3) is 0 Å². The van der Waals surface area contributed by atoms with E-state index in [1.54, 1.807) is 11.9 Å². The van der Waals surface area contributed by atoms with Gasteiger partial charge < -0.3 is 19.6 Å². The van der Waals surface area contributed by atoms with E-state index >= 15 is 0 Å². The molecule has 0 radical (unpaired) electrons. The minimum Gasteiger partial charge on any atom is -0.481 e. The van der Waals surface area contributed by atoms with Gasteiger partial charge in [-0.05, 0) is 26.2 Å². The third-order valence-corrected chi connectivity index (χ3v) is 3.80. The minimum absolute atomic E-state index is 0.000191. The van der Waals surface area contributed by atoms with Crippen LogP contribution in [-0.4, -0.2) is 72.6 Å². The van der Waals surface area contributed by atoms with E-state index in [0.717, 1.165) is 0 Å². The highest BCUT2D eigenvalue weighted by atomic mass is 16.5. The number of carbonyl (C=O) groups is 3. The molecule has 0 bridgehead atoms. The van der Waals surface area contributed by atoms with Crippen LogP contribution in [0.4, 0.5) is 0 Å². The molecule has 2 amide bonds. The summed E-state index contributed by atoms with van der Waals surface area (Å²) in [6.07, 6.45) is 2.28. The molecule has 22 heavy (non-hydrogen) atoms. The second kappa shape index (κ2) is 9.40. The molecule has 0 aromatic carbocycles. The maximum atomic E-state index is 12.2. The molecule has 126 valence electrons. The average Bonchev–Trinajstić information content (AvgIpc) is 2.51. The number of carboxylic acids is 1. The Balaban J connectivity index is 2.36. The van der Waals surface area contributed by atoms with Gasteiger partial charge in [-0.15, -0.1) is 0 Å². The van der Waals surface area contributed by atoms with Crippen molar-refractivity contribution in [1.29, 1.82) is 0 Å². The van der Waals surface area contributed by atoms with Gasteiger partial charge in [-0.3, -0.25) is 14.4 Å². The van der Waals surface area contributed by atoms with Crippen molar-refractivity contribution >= 4 is 17.8 Å². The number of amides is 2. The molecule has 1 atom stereocenters. The summed E-state index contributed by atoms with van der Waals surface area (Å²) < 4.78 is 5.17. The quantitative estimate of drug-likeness (QED) is 0.662. The molecule has 0 aliphatic carbocycles. The third-order valence-electron chi connectivity index (χ3n) is 3.80. The molecule has 7 nitrogen and oxygen atoms in total. The van der Waals surface area contributed by atoms with Crippen molar-refractivity contribution in [3.63, 3.8) is 0 Å². The first-order chi connectivity index (χ1) is 10.5. The van der Waals surface area contributed by atoms with Gasteiger partial charge >= 0.3 is 5.97 Å². The van der Waals surface area contributed by atoms with Crippen molar-refractivity contribution in [2.45, 2.75) is 32.6 Å². The van der Waals surface area contributed by atoms with Gasteiger partial charge in [0.05, 0.1) is 12.5 Å². The molecular formula is C15H26N2O5. The number of hydrogen-bond acceptors (Lipinski definition) is 4. The Hall–Kier alpha value is -1.63. The molecule has 0 spiro atoms. The van der Waals surface area contributed by atoms with E-state index in [-0.39, 0.29) is 24.9 Å². The summed E-state index contributed by atoms with van der Waals surface area (Å²) in [4.78, 5) is 38.0. The van der Waals surface area contributed by atoms with Crippen molar-refractivity contribution in [2.24, 2.45) is 5.92 Å². The SMILES string of the molecule is CCOCCCC(=O)N(C)CC(=O)N1CCCC(C(=O)O)C1. The van der Waals surface area contributed by atoms with Crippen molar-refractivity contribution in [1.82, 2.24) is 9.80 Å². The molecule has 0 aromatic rings. The Bertz CT molecular complexity index is 399. The van der Waals surface area contributed by atoms with Gasteiger partial charge in [-0.1, -0.05) is 0 Å². The van der Waals surface area contributed by atoms with Crippen molar-refractivity contribution in [3.8, 4) is 0 Å². The van der Waals surface area contributed by atoms with Crippen LogP contribution in [0.25, 0.3) is 0 Å². The minimum atomic E-state index is -0.863. The summed E-state index contributed by atoms with van der Waals surface area (Å²) in [6.45, 7) is 3.86. The summed E-state index contributed by atoms with van der Waals surface area (Å²) in [7, 11) is 1.60. The van der Waals surface area contributed by atoms with Crippen LogP contribution in [0.3, 0.4) is 0 Å². The Labute approximate surface area is 131 Å². The van der Waals surface area contributed by atoms with Gasteiger partial charge in [-0.25, -0.2) is 0 Å². The van der Waals surface area contributed by atoms with Gasteiger partial charge in [0, 0.05) is 39.8 Å². The molecule has 0 saturated carbocycles. The standard InChI is InChI=1S/C15H26N2O5/c1-3-22-9-5-7-13(18)16(2)11-14(19)17-8-4-6-12(10-17)15(20)21/h12H,3-11H2,1-2H3,(H,20,21). The van der Waals surface area contributed by atoms with Gasteiger partial charge in [-0.2, -0.15) is 0 Å². The fraction of sp³-hybridized carbons (Fsp3) is 0.800. The number of piperidine rings is 1. The predicted molar refractivity (Wildman–Crippen MR) is 80.3 cm³/mol. The molecular weight excluding hydrogens is 288 g/mol. The molecule has 1 aliphatic rings. The number of rotatable bonds is 8. The first kappa shape index (κ1) is 18.4. The highest BCUT2D eigenvalue weighted by Crippen LogP contribution is 2.16. The topological polar surface area (TPSA) is 87.2 Å². The molecule has 1 rings (SSSR count). The lowest BCUT2D eigenvalue weighted by atomic mass is 9.98. The number of ether oxygens (including phenoxy) is 1. The highest BCUT2D eigenvalue weighted by Gasteiger charge is 2.28. The molecule has 7 heteroatoms. The molecule has 0 aromatic heterocycles. The molecule has 1 saturated heterocycles. The van der Waals surface area contributed by atoms with Crippen LogP contribution < -0.4 is 0 Å². The lowest BCUT2D eigenvalue weighted by Gasteiger charge is -2.32. The summed E-state index contributed by atoms with van der Waals surface area (Å²) in [5, 5.41) is 9.03. The summed E-state index contributed by atoms with van der Waals surface area (Å²) in [6, 6.07) is 0. The fourth-order valence-corrected chi connectivity index (χ4v) is 2.46. The number of hydrogen-bond donors (Lipinski definition) is 1. The zero-order valence-electron chi connectivity index (χ0n) is 13.4. The lowest BCUT2D eigenvalue weighted by Crippen LogP contribution is -2.46. The smallest absolute Gasteiger partial charge is 0.308 e. The molecule has 1 heterocycles. The van der Waals surface area contributed by atoms with Crippen LogP contribution in [-0.2, 0) is 19.1 Å². The van der Waals surface area contributed by atoms with Crippen LogP contribution in [0, 0.1) is 5.92 Å². The fourth-order valence-electron chi connectivity index (χ4n) is 2.46. The maximum Gasteiger partial charge on any atom is 0.308 e. The number of nitrogens with zero attached hydrogens (tertiary/aromatic N) is 2. The Morgan fingerprint density at radius 2 is 2.09 bits per heavy atom. The maximum absolute atomic E-state index is 12.2. The summed E-state index contributed by atoms with van der Waals surface area (Å²) in [5.74, 6) is -1.64. The molecule has 1 fully saturated rings. The van der Waals surface area contributed by atoms with Crippen molar-refractivity contribution in [2.75, 3.05) is 39.9 Å². The Kier molecular flexibility index (Phi) is 7.87. The predicted octanol–water partition coefficient (Wildman–Crippen LogP) is 0.585. The normalized spacial score (nSPS) is 18.1. The number of aliphatic carboxylic acids is 1. The number of carbonyl (C=O) groups excluding carboxylic acids is 2. The third kappa shape index (κ3) is 6.01. The van der Waals surface area contributed by atoms with Crippen LogP contribution in [0.2, 0.25) is 0 Å². The Morgan fingerprint density at radius 3 is 2.73 bits per heavy atom. The van der Waals surface area contributed by atoms with E-state index in [2.05, 4.69) is 0 Å². The van der Waals surface area contributed by atoms with Gasteiger partial charge in [0.1, 0.15) is 0 Å². The second-order valence-electron chi connectivity index (χ2n) is 5.57. The van der Waals surface area contributed by atoms with Crippen molar-refractivity contribution < 1.29 is 24.2 Å².